The van der Waals surface area contributed by atoms with E-state index in [1.165, 1.54) is 11.1 Å². The standard InChI is InChI=1S/C19H19NO2/c1-13-9-17-15(12-22-18(17)10-14(13)2)11-19(21)20(3)16-7-5-4-6-8-16/h4-10,12H,11H2,1-3H3. The Morgan fingerprint density at radius 3 is 2.50 bits per heavy atom. The van der Waals surface area contributed by atoms with Crippen molar-refractivity contribution in [2.45, 2.75) is 20.3 Å². The molecule has 22 heavy (non-hydrogen) atoms. The Balaban J connectivity index is 1.87. The molecule has 0 N–H and O–H groups in total. The van der Waals surface area contributed by atoms with E-state index >= 15 is 0 Å². The average molecular weight is 293 g/mol. The first kappa shape index (κ1) is 14.4. The van der Waals surface area contributed by atoms with Gasteiger partial charge in [0.05, 0.1) is 12.7 Å². The minimum absolute atomic E-state index is 0.0483. The summed E-state index contributed by atoms with van der Waals surface area (Å²) in [5.74, 6) is 0.0483. The summed E-state index contributed by atoms with van der Waals surface area (Å²) in [5, 5.41) is 1.03. The summed E-state index contributed by atoms with van der Waals surface area (Å²) in [4.78, 5) is 14.2. The highest BCUT2D eigenvalue weighted by Crippen LogP contribution is 2.26. The molecule has 3 heteroatoms. The minimum atomic E-state index is 0.0483. The van der Waals surface area contributed by atoms with E-state index in [1.54, 1.807) is 18.2 Å². The van der Waals surface area contributed by atoms with Crippen LogP contribution in [0, 0.1) is 13.8 Å². The average Bonchev–Trinajstić information content (AvgIpc) is 2.90. The number of furan rings is 1. The van der Waals surface area contributed by atoms with Crippen LogP contribution in [0.15, 0.2) is 53.1 Å². The second kappa shape index (κ2) is 5.68. The lowest BCUT2D eigenvalue weighted by atomic mass is 10.0. The molecule has 0 aliphatic rings. The summed E-state index contributed by atoms with van der Waals surface area (Å²) in [5.41, 5.74) is 5.08. The maximum atomic E-state index is 12.5. The molecule has 1 aromatic heterocycles. The van der Waals surface area contributed by atoms with Gasteiger partial charge in [0.25, 0.3) is 0 Å². The number of likely N-dealkylation sites (N-methyl/N-ethyl adjacent to an activating group) is 1. The highest BCUT2D eigenvalue weighted by Gasteiger charge is 2.15. The van der Waals surface area contributed by atoms with Crippen LogP contribution in [0.1, 0.15) is 16.7 Å². The highest BCUT2D eigenvalue weighted by molar-refractivity contribution is 5.97. The van der Waals surface area contributed by atoms with Gasteiger partial charge in [-0.15, -0.1) is 0 Å². The van der Waals surface area contributed by atoms with Crippen LogP contribution in [0.25, 0.3) is 11.0 Å². The van der Waals surface area contributed by atoms with Crippen molar-refractivity contribution in [3.8, 4) is 0 Å². The van der Waals surface area contributed by atoms with Gasteiger partial charge in [-0.3, -0.25) is 4.79 Å². The van der Waals surface area contributed by atoms with Gasteiger partial charge in [-0.1, -0.05) is 18.2 Å². The molecule has 2 aromatic carbocycles. The fourth-order valence-corrected chi connectivity index (χ4v) is 2.55. The number of carbonyl (C=O) groups is 1. The first-order valence-corrected chi connectivity index (χ1v) is 7.35. The highest BCUT2D eigenvalue weighted by atomic mass is 16.3. The van der Waals surface area contributed by atoms with Gasteiger partial charge in [0, 0.05) is 23.7 Å². The number of nitrogens with zero attached hydrogens (tertiary/aromatic N) is 1. The lowest BCUT2D eigenvalue weighted by molar-refractivity contribution is -0.117. The number of hydrogen-bond donors (Lipinski definition) is 0. The summed E-state index contributed by atoms with van der Waals surface area (Å²) < 4.78 is 5.60. The Labute approximate surface area is 130 Å². The van der Waals surface area contributed by atoms with Crippen LogP contribution in [0.2, 0.25) is 0 Å². The van der Waals surface area contributed by atoms with Crippen LogP contribution in [0.3, 0.4) is 0 Å². The van der Waals surface area contributed by atoms with E-state index in [4.69, 9.17) is 4.42 Å². The van der Waals surface area contributed by atoms with Crippen molar-refractivity contribution in [3.63, 3.8) is 0 Å². The Hall–Kier alpha value is -2.55. The van der Waals surface area contributed by atoms with E-state index < -0.39 is 0 Å². The Kier molecular flexibility index (Phi) is 3.72. The number of hydrogen-bond acceptors (Lipinski definition) is 2. The largest absolute Gasteiger partial charge is 0.464 e. The fraction of sp³-hybridized carbons (Fsp3) is 0.211. The molecule has 1 amide bonds. The van der Waals surface area contributed by atoms with Crippen molar-refractivity contribution < 1.29 is 9.21 Å². The second-order valence-electron chi connectivity index (χ2n) is 5.66. The van der Waals surface area contributed by atoms with Crippen LogP contribution >= 0.6 is 0 Å². The summed E-state index contributed by atoms with van der Waals surface area (Å²) in [6.45, 7) is 4.13. The lowest BCUT2D eigenvalue weighted by Crippen LogP contribution is -2.27. The van der Waals surface area contributed by atoms with E-state index in [1.807, 2.05) is 36.4 Å². The first-order valence-electron chi connectivity index (χ1n) is 7.35. The SMILES string of the molecule is Cc1cc2occ(CC(=O)N(C)c3ccccc3)c2cc1C. The minimum Gasteiger partial charge on any atom is -0.464 e. The van der Waals surface area contributed by atoms with Crippen LogP contribution in [-0.2, 0) is 11.2 Å². The normalized spacial score (nSPS) is 10.9. The van der Waals surface area contributed by atoms with Crippen molar-refractivity contribution in [1.82, 2.24) is 0 Å². The zero-order chi connectivity index (χ0) is 15.7. The summed E-state index contributed by atoms with van der Waals surface area (Å²) >= 11 is 0. The van der Waals surface area contributed by atoms with Crippen LogP contribution in [-0.4, -0.2) is 13.0 Å². The summed E-state index contributed by atoms with van der Waals surface area (Å²) in [6, 6.07) is 13.8. The molecule has 0 saturated carbocycles. The van der Waals surface area contributed by atoms with E-state index in [2.05, 4.69) is 19.9 Å². The Morgan fingerprint density at radius 1 is 1.09 bits per heavy atom. The van der Waals surface area contributed by atoms with Gasteiger partial charge in [-0.05, 0) is 49.2 Å². The van der Waals surface area contributed by atoms with Gasteiger partial charge >= 0.3 is 0 Å². The van der Waals surface area contributed by atoms with Gasteiger partial charge in [0.2, 0.25) is 5.91 Å². The Bertz CT molecular complexity index is 818. The van der Waals surface area contributed by atoms with Gasteiger partial charge < -0.3 is 9.32 Å². The van der Waals surface area contributed by atoms with Crippen molar-refractivity contribution >= 4 is 22.6 Å². The topological polar surface area (TPSA) is 33.5 Å². The number of amides is 1. The molecule has 0 bridgehead atoms. The second-order valence-corrected chi connectivity index (χ2v) is 5.66. The maximum Gasteiger partial charge on any atom is 0.231 e. The molecule has 3 rings (SSSR count). The third kappa shape index (κ3) is 2.62. The zero-order valence-electron chi connectivity index (χ0n) is 13.1. The van der Waals surface area contributed by atoms with E-state index in [-0.39, 0.29) is 5.91 Å². The summed E-state index contributed by atoms with van der Waals surface area (Å²) in [7, 11) is 1.80. The molecular weight excluding hydrogens is 274 g/mol. The van der Waals surface area contributed by atoms with Crippen molar-refractivity contribution in [3.05, 3.63) is 65.4 Å². The molecule has 0 saturated heterocycles. The molecule has 0 fully saturated rings. The predicted octanol–water partition coefficient (Wildman–Crippen LogP) is 4.26. The van der Waals surface area contributed by atoms with Crippen molar-refractivity contribution in [1.29, 1.82) is 0 Å². The smallest absolute Gasteiger partial charge is 0.231 e. The first-order chi connectivity index (χ1) is 10.6. The Morgan fingerprint density at radius 2 is 1.77 bits per heavy atom. The van der Waals surface area contributed by atoms with Gasteiger partial charge in [-0.25, -0.2) is 0 Å². The zero-order valence-corrected chi connectivity index (χ0v) is 13.1. The third-order valence-corrected chi connectivity index (χ3v) is 4.13. The van der Waals surface area contributed by atoms with Crippen molar-refractivity contribution in [2.75, 3.05) is 11.9 Å². The number of aryl methyl sites for hydroxylation is 2. The quantitative estimate of drug-likeness (QED) is 0.723. The molecule has 1 heterocycles. The molecule has 0 aliphatic heterocycles. The molecule has 0 unspecified atom stereocenters. The van der Waals surface area contributed by atoms with E-state index in [0.717, 1.165) is 22.2 Å². The molecule has 0 radical (unpaired) electrons. The molecule has 3 nitrogen and oxygen atoms in total. The van der Waals surface area contributed by atoms with E-state index in [9.17, 15) is 4.79 Å². The van der Waals surface area contributed by atoms with Gasteiger partial charge in [-0.2, -0.15) is 0 Å². The number of para-hydroxylation sites is 1. The fourth-order valence-electron chi connectivity index (χ4n) is 2.55. The van der Waals surface area contributed by atoms with Crippen molar-refractivity contribution in [2.24, 2.45) is 0 Å². The predicted molar refractivity (Wildman–Crippen MR) is 89.2 cm³/mol. The molecule has 0 atom stereocenters. The number of carbonyl (C=O) groups excluding carboxylic acids is 1. The van der Waals surface area contributed by atoms with Crippen LogP contribution in [0.4, 0.5) is 5.69 Å². The van der Waals surface area contributed by atoms with Crippen LogP contribution in [0.5, 0.6) is 0 Å². The molecular formula is C19H19NO2. The number of anilines is 1. The number of benzene rings is 2. The molecule has 0 aliphatic carbocycles. The molecule has 3 aromatic rings. The maximum absolute atomic E-state index is 12.5. The number of rotatable bonds is 3. The molecule has 112 valence electrons. The molecule has 0 spiro atoms. The number of fused-ring (bicyclic) bond motifs is 1. The third-order valence-electron chi connectivity index (χ3n) is 4.13. The summed E-state index contributed by atoms with van der Waals surface area (Å²) in [6.07, 6.45) is 2.03. The van der Waals surface area contributed by atoms with Gasteiger partial charge in [0.15, 0.2) is 0 Å². The van der Waals surface area contributed by atoms with E-state index in [0.29, 0.717) is 6.42 Å². The van der Waals surface area contributed by atoms with Gasteiger partial charge in [0.1, 0.15) is 5.58 Å². The lowest BCUT2D eigenvalue weighted by Gasteiger charge is -2.16. The monoisotopic (exact) mass is 293 g/mol. The van der Waals surface area contributed by atoms with Crippen LogP contribution < -0.4 is 4.90 Å².